The number of aromatic nitrogens is 1. The highest BCUT2D eigenvalue weighted by atomic mass is 32.2. The van der Waals surface area contributed by atoms with Gasteiger partial charge in [-0.1, -0.05) is 0 Å². The molecular formula is C11H18N2OS. The fourth-order valence-corrected chi connectivity index (χ4v) is 3.24. The predicted octanol–water partition coefficient (Wildman–Crippen LogP) is 2.44. The van der Waals surface area contributed by atoms with Crippen molar-refractivity contribution in [2.24, 2.45) is 5.73 Å². The van der Waals surface area contributed by atoms with Crippen LogP contribution in [0.25, 0.3) is 0 Å². The van der Waals surface area contributed by atoms with Crippen LogP contribution >= 0.6 is 11.8 Å². The van der Waals surface area contributed by atoms with E-state index in [0.717, 1.165) is 24.5 Å². The van der Waals surface area contributed by atoms with Crippen LogP contribution in [0.5, 0.6) is 0 Å². The van der Waals surface area contributed by atoms with Crippen molar-refractivity contribution in [1.29, 1.82) is 0 Å². The van der Waals surface area contributed by atoms with E-state index in [2.05, 4.69) is 4.98 Å². The van der Waals surface area contributed by atoms with Crippen LogP contribution in [0.3, 0.4) is 0 Å². The Balaban J connectivity index is 2.06. The fourth-order valence-electron chi connectivity index (χ4n) is 1.92. The van der Waals surface area contributed by atoms with Gasteiger partial charge in [-0.3, -0.25) is 0 Å². The minimum Gasteiger partial charge on any atom is -0.446 e. The van der Waals surface area contributed by atoms with Crippen molar-refractivity contribution in [3.8, 4) is 0 Å². The van der Waals surface area contributed by atoms with E-state index in [1.165, 1.54) is 24.3 Å². The van der Waals surface area contributed by atoms with Gasteiger partial charge in [-0.05, 0) is 38.5 Å². The number of thioether (sulfide) groups is 1. The average molecular weight is 226 g/mol. The van der Waals surface area contributed by atoms with Crippen molar-refractivity contribution in [3.05, 3.63) is 17.3 Å². The summed E-state index contributed by atoms with van der Waals surface area (Å²) in [5.74, 6) is 3.12. The van der Waals surface area contributed by atoms with Crippen LogP contribution in [0.1, 0.15) is 41.9 Å². The molecule has 15 heavy (non-hydrogen) atoms. The van der Waals surface area contributed by atoms with Crippen molar-refractivity contribution in [1.82, 2.24) is 4.98 Å². The summed E-state index contributed by atoms with van der Waals surface area (Å²) < 4.78 is 5.65. The molecule has 0 spiro atoms. The van der Waals surface area contributed by atoms with Crippen LogP contribution in [-0.4, -0.2) is 17.3 Å². The zero-order valence-electron chi connectivity index (χ0n) is 9.16. The molecule has 3 nitrogen and oxygen atoms in total. The van der Waals surface area contributed by atoms with E-state index in [1.54, 1.807) is 0 Å². The summed E-state index contributed by atoms with van der Waals surface area (Å²) in [6.07, 6.45) is 4.38. The fraction of sp³-hybridized carbons (Fsp3) is 0.727. The minimum absolute atomic E-state index is 0.570. The van der Waals surface area contributed by atoms with Crippen LogP contribution in [0, 0.1) is 6.92 Å². The van der Waals surface area contributed by atoms with Gasteiger partial charge in [-0.25, -0.2) is 4.98 Å². The lowest BCUT2D eigenvalue weighted by atomic mass is 10.2. The first-order valence-electron chi connectivity index (χ1n) is 5.59. The first-order chi connectivity index (χ1) is 7.31. The normalized spacial score (nSPS) is 21.1. The number of hydrogen-bond donors (Lipinski definition) is 1. The third-order valence-electron chi connectivity index (χ3n) is 2.71. The summed E-state index contributed by atoms with van der Waals surface area (Å²) in [7, 11) is 0. The molecule has 1 fully saturated rings. The van der Waals surface area contributed by atoms with Gasteiger partial charge < -0.3 is 10.2 Å². The minimum atomic E-state index is 0.570. The molecule has 0 bridgehead atoms. The molecule has 2 N–H and O–H groups in total. The van der Waals surface area contributed by atoms with Gasteiger partial charge in [0.2, 0.25) is 0 Å². The van der Waals surface area contributed by atoms with Gasteiger partial charge in [0.25, 0.3) is 0 Å². The zero-order chi connectivity index (χ0) is 10.7. The monoisotopic (exact) mass is 226 g/mol. The van der Waals surface area contributed by atoms with Gasteiger partial charge in [0, 0.05) is 6.42 Å². The second-order valence-corrected chi connectivity index (χ2v) is 5.25. The molecule has 1 aliphatic rings. The van der Waals surface area contributed by atoms with E-state index < -0.39 is 0 Å². The number of rotatable bonds is 4. The maximum absolute atomic E-state index is 5.65. The Labute approximate surface area is 94.8 Å². The van der Waals surface area contributed by atoms with Crippen molar-refractivity contribution in [2.75, 3.05) is 12.3 Å². The Hall–Kier alpha value is -0.480. The first-order valence-corrected chi connectivity index (χ1v) is 6.64. The first kappa shape index (κ1) is 11.0. The molecule has 1 unspecified atom stereocenters. The van der Waals surface area contributed by atoms with Crippen LogP contribution in [-0.2, 0) is 6.42 Å². The van der Waals surface area contributed by atoms with Gasteiger partial charge >= 0.3 is 0 Å². The lowest BCUT2D eigenvalue weighted by Crippen LogP contribution is -2.00. The predicted molar refractivity (Wildman–Crippen MR) is 63.0 cm³/mol. The molecule has 2 heterocycles. The van der Waals surface area contributed by atoms with Gasteiger partial charge in [0.15, 0.2) is 5.89 Å². The SMILES string of the molecule is Cc1oc(CCCN)nc1C1CCCS1. The molecule has 0 aromatic carbocycles. The Morgan fingerprint density at radius 1 is 1.60 bits per heavy atom. The molecular weight excluding hydrogens is 208 g/mol. The number of nitrogens with two attached hydrogens (primary N) is 1. The molecule has 0 radical (unpaired) electrons. The largest absolute Gasteiger partial charge is 0.446 e. The number of hydrogen-bond acceptors (Lipinski definition) is 4. The summed E-state index contributed by atoms with van der Waals surface area (Å²) in [5, 5.41) is 0.570. The molecule has 1 saturated heterocycles. The highest BCUT2D eigenvalue weighted by Gasteiger charge is 2.23. The number of nitrogens with zero attached hydrogens (tertiary/aromatic N) is 1. The summed E-state index contributed by atoms with van der Waals surface area (Å²) in [6.45, 7) is 2.72. The lowest BCUT2D eigenvalue weighted by Gasteiger charge is -2.03. The van der Waals surface area contributed by atoms with Gasteiger partial charge in [0.05, 0.1) is 10.9 Å². The van der Waals surface area contributed by atoms with Crippen LogP contribution in [0.2, 0.25) is 0 Å². The van der Waals surface area contributed by atoms with E-state index in [-0.39, 0.29) is 0 Å². The third kappa shape index (κ3) is 2.55. The quantitative estimate of drug-likeness (QED) is 0.856. The second-order valence-electron chi connectivity index (χ2n) is 3.94. The molecule has 1 aromatic rings. The van der Waals surface area contributed by atoms with Gasteiger partial charge in [-0.2, -0.15) is 11.8 Å². The maximum Gasteiger partial charge on any atom is 0.194 e. The van der Waals surface area contributed by atoms with E-state index in [1.807, 2.05) is 18.7 Å². The molecule has 84 valence electrons. The molecule has 2 rings (SSSR count). The van der Waals surface area contributed by atoms with E-state index in [4.69, 9.17) is 10.2 Å². The van der Waals surface area contributed by atoms with Crippen molar-refractivity contribution in [3.63, 3.8) is 0 Å². The molecule has 4 heteroatoms. The molecule has 1 atom stereocenters. The zero-order valence-corrected chi connectivity index (χ0v) is 9.98. The molecule has 1 aliphatic heterocycles. The average Bonchev–Trinajstić information content (AvgIpc) is 2.83. The smallest absolute Gasteiger partial charge is 0.194 e. The molecule has 0 saturated carbocycles. The van der Waals surface area contributed by atoms with E-state index >= 15 is 0 Å². The maximum atomic E-state index is 5.65. The number of oxazole rings is 1. The standard InChI is InChI=1S/C11H18N2OS/c1-8-11(9-4-3-7-15-9)13-10(14-8)5-2-6-12/h9H,2-7,12H2,1H3. The van der Waals surface area contributed by atoms with Crippen LogP contribution in [0.4, 0.5) is 0 Å². The molecule has 0 aliphatic carbocycles. The summed E-state index contributed by atoms with van der Waals surface area (Å²) >= 11 is 2.00. The Morgan fingerprint density at radius 2 is 2.47 bits per heavy atom. The van der Waals surface area contributed by atoms with Crippen molar-refractivity contribution >= 4 is 11.8 Å². The second kappa shape index (κ2) is 5.03. The Morgan fingerprint density at radius 3 is 3.13 bits per heavy atom. The van der Waals surface area contributed by atoms with Gasteiger partial charge in [-0.15, -0.1) is 0 Å². The molecule has 0 amide bonds. The van der Waals surface area contributed by atoms with Gasteiger partial charge in [0.1, 0.15) is 5.76 Å². The van der Waals surface area contributed by atoms with Crippen LogP contribution in [0.15, 0.2) is 4.42 Å². The van der Waals surface area contributed by atoms with E-state index in [0.29, 0.717) is 11.8 Å². The third-order valence-corrected chi connectivity index (χ3v) is 4.09. The highest BCUT2D eigenvalue weighted by Crippen LogP contribution is 2.40. The summed E-state index contributed by atoms with van der Waals surface area (Å²) in [5.41, 5.74) is 6.64. The highest BCUT2D eigenvalue weighted by molar-refractivity contribution is 7.99. The summed E-state index contributed by atoms with van der Waals surface area (Å²) in [6, 6.07) is 0. The van der Waals surface area contributed by atoms with Crippen molar-refractivity contribution < 1.29 is 4.42 Å². The Kier molecular flexibility index (Phi) is 3.70. The lowest BCUT2D eigenvalue weighted by molar-refractivity contribution is 0.465. The topological polar surface area (TPSA) is 52.0 Å². The van der Waals surface area contributed by atoms with E-state index in [9.17, 15) is 0 Å². The molecule has 1 aromatic heterocycles. The summed E-state index contributed by atoms with van der Waals surface area (Å²) in [4.78, 5) is 4.59. The Bertz CT molecular complexity index is 318. The van der Waals surface area contributed by atoms with Crippen molar-refractivity contribution in [2.45, 2.75) is 37.9 Å². The van der Waals surface area contributed by atoms with Crippen LogP contribution < -0.4 is 5.73 Å². The number of aryl methyl sites for hydroxylation is 2.